The molecule has 1 aliphatic rings. The molecule has 1 aliphatic heterocycles. The van der Waals surface area contributed by atoms with E-state index in [0.29, 0.717) is 24.5 Å². The number of aliphatic imine (C=N–C) groups is 1. The average Bonchev–Trinajstić information content (AvgIpc) is 3.38. The topological polar surface area (TPSA) is 96.7 Å². The maximum absolute atomic E-state index is 12.6. The summed E-state index contributed by atoms with van der Waals surface area (Å²) in [6.45, 7) is 13.3. The lowest BCUT2D eigenvalue weighted by Gasteiger charge is -2.26. The van der Waals surface area contributed by atoms with Crippen LogP contribution in [0.4, 0.5) is 5.82 Å². The molecule has 2 N–H and O–H groups in total. The van der Waals surface area contributed by atoms with Crippen LogP contribution in [0.25, 0.3) is 16.9 Å². The molecule has 3 aromatic rings. The Labute approximate surface area is 218 Å². The van der Waals surface area contributed by atoms with Gasteiger partial charge in [-0.2, -0.15) is 9.78 Å². The third kappa shape index (κ3) is 6.69. The van der Waals surface area contributed by atoms with E-state index < -0.39 is 0 Å². The molecular formula is C28H35N7O2. The van der Waals surface area contributed by atoms with Crippen LogP contribution >= 0.6 is 0 Å². The zero-order valence-electron chi connectivity index (χ0n) is 21.6. The lowest BCUT2D eigenvalue weighted by Crippen LogP contribution is -2.41. The van der Waals surface area contributed by atoms with Gasteiger partial charge in [0, 0.05) is 61.7 Å². The number of pyridine rings is 1. The van der Waals surface area contributed by atoms with Crippen molar-refractivity contribution in [3.05, 3.63) is 72.2 Å². The lowest BCUT2D eigenvalue weighted by molar-refractivity contribution is 0.0383. The Morgan fingerprint density at radius 3 is 2.65 bits per heavy atom. The van der Waals surface area contributed by atoms with Crippen molar-refractivity contribution in [1.82, 2.24) is 30.3 Å². The summed E-state index contributed by atoms with van der Waals surface area (Å²) < 4.78 is 7.11. The van der Waals surface area contributed by atoms with Crippen molar-refractivity contribution in [3.63, 3.8) is 0 Å². The molecule has 1 unspecified atom stereocenters. The second-order valence-electron chi connectivity index (χ2n) is 8.95. The molecule has 9 heteroatoms. The van der Waals surface area contributed by atoms with Crippen LogP contribution in [-0.2, 0) is 4.74 Å². The predicted octanol–water partition coefficient (Wildman–Crippen LogP) is 3.55. The van der Waals surface area contributed by atoms with Crippen LogP contribution in [0.3, 0.4) is 0 Å². The van der Waals surface area contributed by atoms with E-state index in [-0.39, 0.29) is 11.8 Å². The Balaban J connectivity index is 1.39. The number of nitrogens with one attached hydrogen (secondary N) is 2. The Hall–Kier alpha value is -3.82. The Morgan fingerprint density at radius 1 is 1.19 bits per heavy atom. The molecule has 1 atom stereocenters. The highest BCUT2D eigenvalue weighted by molar-refractivity contribution is 5.94. The van der Waals surface area contributed by atoms with Crippen LogP contribution in [-0.4, -0.2) is 78.2 Å². The van der Waals surface area contributed by atoms with E-state index in [1.165, 1.54) is 0 Å². The molecule has 0 spiro atoms. The summed E-state index contributed by atoms with van der Waals surface area (Å²) >= 11 is 0. The summed E-state index contributed by atoms with van der Waals surface area (Å²) in [4.78, 5) is 23.6. The number of carbonyl (C=O) groups is 1. The third-order valence-electron chi connectivity index (χ3n) is 6.45. The maximum Gasteiger partial charge on any atom is 0.251 e. The number of amides is 1. The van der Waals surface area contributed by atoms with Gasteiger partial charge in [-0.3, -0.25) is 14.7 Å². The van der Waals surface area contributed by atoms with Crippen molar-refractivity contribution >= 4 is 24.3 Å². The van der Waals surface area contributed by atoms with E-state index in [0.717, 1.165) is 55.5 Å². The first-order valence-electron chi connectivity index (χ1n) is 12.7. The van der Waals surface area contributed by atoms with Gasteiger partial charge in [0.25, 0.3) is 5.91 Å². The summed E-state index contributed by atoms with van der Waals surface area (Å²) in [6, 6.07) is 13.4. The SMILES string of the molecule is C=Nc1c(-c2ccc(C(=O)NCCN3CCOCC3)cc2)cnn1/C(=C\C)NCC(C)c1ccccn1. The Morgan fingerprint density at radius 2 is 1.97 bits per heavy atom. The van der Waals surface area contributed by atoms with Crippen LogP contribution in [0.15, 0.2) is 65.9 Å². The van der Waals surface area contributed by atoms with E-state index >= 15 is 0 Å². The van der Waals surface area contributed by atoms with Crippen LogP contribution < -0.4 is 10.6 Å². The van der Waals surface area contributed by atoms with Crippen molar-refractivity contribution < 1.29 is 9.53 Å². The highest BCUT2D eigenvalue weighted by Gasteiger charge is 2.16. The zero-order valence-corrected chi connectivity index (χ0v) is 21.6. The van der Waals surface area contributed by atoms with Crippen molar-refractivity contribution in [2.45, 2.75) is 19.8 Å². The summed E-state index contributed by atoms with van der Waals surface area (Å²) in [5, 5.41) is 11.0. The van der Waals surface area contributed by atoms with Gasteiger partial charge in [0.15, 0.2) is 5.82 Å². The normalized spacial score (nSPS) is 15.2. The molecule has 2 aromatic heterocycles. The lowest BCUT2D eigenvalue weighted by atomic mass is 10.1. The van der Waals surface area contributed by atoms with Gasteiger partial charge in [-0.15, -0.1) is 0 Å². The molecule has 3 heterocycles. The van der Waals surface area contributed by atoms with Crippen molar-refractivity contribution in [3.8, 4) is 11.1 Å². The van der Waals surface area contributed by atoms with Gasteiger partial charge in [-0.25, -0.2) is 4.99 Å². The smallest absolute Gasteiger partial charge is 0.251 e. The number of ether oxygens (including phenoxy) is 1. The Bertz CT molecular complexity index is 1200. The summed E-state index contributed by atoms with van der Waals surface area (Å²) in [7, 11) is 0. The van der Waals surface area contributed by atoms with Gasteiger partial charge in [0.05, 0.1) is 19.4 Å². The standard InChI is InChI=1S/C28H35N7O2/c1-4-26(32-19-21(2)25-7-5-6-12-30-25)35-27(29-3)24(20-33-35)22-8-10-23(11-9-22)28(36)31-13-14-34-15-17-37-18-16-34/h4-12,20-21,32H,3,13-19H2,1-2H3,(H,31,36)/b26-4-. The largest absolute Gasteiger partial charge is 0.379 e. The number of hydrogen-bond acceptors (Lipinski definition) is 7. The first-order valence-corrected chi connectivity index (χ1v) is 12.7. The number of carbonyl (C=O) groups excluding carboxylic acids is 1. The number of benzene rings is 1. The van der Waals surface area contributed by atoms with E-state index in [4.69, 9.17) is 4.74 Å². The number of morpholine rings is 1. The first-order chi connectivity index (χ1) is 18.1. The molecule has 0 aliphatic carbocycles. The van der Waals surface area contributed by atoms with E-state index in [9.17, 15) is 4.79 Å². The van der Waals surface area contributed by atoms with Crippen molar-refractivity contribution in [2.75, 3.05) is 45.9 Å². The molecule has 4 rings (SSSR count). The molecule has 194 valence electrons. The second-order valence-corrected chi connectivity index (χ2v) is 8.95. The molecule has 37 heavy (non-hydrogen) atoms. The zero-order chi connectivity index (χ0) is 26.0. The van der Waals surface area contributed by atoms with Gasteiger partial charge in [-0.05, 0) is 49.5 Å². The Kier molecular flexibility index (Phi) is 9.18. The minimum Gasteiger partial charge on any atom is -0.379 e. The first kappa shape index (κ1) is 26.2. The molecule has 1 aromatic carbocycles. The van der Waals surface area contributed by atoms with Crippen LogP contribution in [0.1, 0.15) is 35.8 Å². The molecule has 1 fully saturated rings. The summed E-state index contributed by atoms with van der Waals surface area (Å²) in [6.07, 6.45) is 5.54. The maximum atomic E-state index is 12.6. The number of rotatable bonds is 11. The van der Waals surface area contributed by atoms with Crippen LogP contribution in [0, 0.1) is 0 Å². The quantitative estimate of drug-likeness (QED) is 0.390. The molecule has 9 nitrogen and oxygen atoms in total. The van der Waals surface area contributed by atoms with Gasteiger partial charge < -0.3 is 15.4 Å². The summed E-state index contributed by atoms with van der Waals surface area (Å²) in [5.74, 6) is 1.58. The van der Waals surface area contributed by atoms with E-state index in [2.05, 4.69) is 44.2 Å². The monoisotopic (exact) mass is 501 g/mol. The van der Waals surface area contributed by atoms with Crippen molar-refractivity contribution in [2.24, 2.45) is 4.99 Å². The fraction of sp³-hybridized carbons (Fsp3) is 0.357. The number of aromatic nitrogens is 3. The number of allylic oxidation sites excluding steroid dienone is 1. The van der Waals surface area contributed by atoms with Gasteiger partial charge in [-0.1, -0.05) is 25.1 Å². The summed E-state index contributed by atoms with van der Waals surface area (Å²) in [5.41, 5.74) is 3.40. The molecular weight excluding hydrogens is 466 g/mol. The molecule has 0 radical (unpaired) electrons. The predicted molar refractivity (Wildman–Crippen MR) is 147 cm³/mol. The molecule has 0 bridgehead atoms. The van der Waals surface area contributed by atoms with Crippen LogP contribution in [0.5, 0.6) is 0 Å². The average molecular weight is 502 g/mol. The second kappa shape index (κ2) is 12.9. The third-order valence-corrected chi connectivity index (χ3v) is 6.45. The highest BCUT2D eigenvalue weighted by atomic mass is 16.5. The molecule has 1 amide bonds. The van der Waals surface area contributed by atoms with Gasteiger partial charge in [0.2, 0.25) is 0 Å². The van der Waals surface area contributed by atoms with E-state index in [1.807, 2.05) is 61.7 Å². The van der Waals surface area contributed by atoms with Crippen molar-refractivity contribution in [1.29, 1.82) is 0 Å². The fourth-order valence-corrected chi connectivity index (χ4v) is 4.26. The van der Waals surface area contributed by atoms with E-state index in [1.54, 1.807) is 10.9 Å². The number of nitrogens with zero attached hydrogens (tertiary/aromatic N) is 5. The fourth-order valence-electron chi connectivity index (χ4n) is 4.26. The minimum atomic E-state index is -0.0833. The molecule has 1 saturated heterocycles. The minimum absolute atomic E-state index is 0.0833. The number of hydrogen-bond donors (Lipinski definition) is 2. The molecule has 0 saturated carbocycles. The highest BCUT2D eigenvalue weighted by Crippen LogP contribution is 2.31. The van der Waals surface area contributed by atoms with Gasteiger partial charge >= 0.3 is 0 Å². The van der Waals surface area contributed by atoms with Gasteiger partial charge in [0.1, 0.15) is 5.82 Å². The van der Waals surface area contributed by atoms with Crippen LogP contribution in [0.2, 0.25) is 0 Å².